The Bertz CT molecular complexity index is 499. The molecule has 1 aromatic carbocycles. The molecule has 0 aliphatic carbocycles. The number of pyridine rings is 1. The number of nitrogens with one attached hydrogen (secondary N) is 1. The number of hydrogen-bond donors (Lipinski definition) is 1. The average Bonchev–Trinajstić information content (AvgIpc) is 2.40. The van der Waals surface area contributed by atoms with E-state index < -0.39 is 0 Å². The quantitative estimate of drug-likeness (QED) is 0.838. The lowest BCUT2D eigenvalue weighted by molar-refractivity contribution is 0.185. The molecule has 1 N–H and O–H groups in total. The number of aromatic nitrogens is 1. The maximum absolute atomic E-state index is 5.97. The van der Waals surface area contributed by atoms with Crippen LogP contribution in [-0.2, 0) is 17.9 Å². The highest BCUT2D eigenvalue weighted by Crippen LogP contribution is 2.18. The van der Waals surface area contributed by atoms with E-state index in [1.165, 1.54) is 11.1 Å². The molecule has 0 aliphatic heterocycles. The van der Waals surface area contributed by atoms with Crippen LogP contribution in [0.4, 0.5) is 5.69 Å². The molecule has 0 unspecified atom stereocenters. The molecule has 1 aromatic heterocycles. The monoisotopic (exact) mass is 262 g/mol. The zero-order chi connectivity index (χ0) is 12.8. The van der Waals surface area contributed by atoms with E-state index in [-0.39, 0.29) is 0 Å². The van der Waals surface area contributed by atoms with Crippen LogP contribution in [0.3, 0.4) is 0 Å². The van der Waals surface area contributed by atoms with Crippen molar-refractivity contribution in [2.45, 2.75) is 13.2 Å². The summed E-state index contributed by atoms with van der Waals surface area (Å²) in [4.78, 5) is 4.02. The van der Waals surface area contributed by atoms with Crippen molar-refractivity contribution >= 4 is 17.3 Å². The molecule has 0 radical (unpaired) electrons. The Morgan fingerprint density at radius 3 is 2.56 bits per heavy atom. The van der Waals surface area contributed by atoms with Gasteiger partial charge in [0.25, 0.3) is 0 Å². The number of ether oxygens (including phenoxy) is 1. The third kappa shape index (κ3) is 3.45. The lowest BCUT2D eigenvalue weighted by atomic mass is 10.1. The van der Waals surface area contributed by atoms with Crippen LogP contribution in [-0.4, -0.2) is 12.1 Å². The molecule has 0 saturated carbocycles. The summed E-state index contributed by atoms with van der Waals surface area (Å²) in [5.41, 5.74) is 3.20. The first-order valence-corrected chi connectivity index (χ1v) is 6.08. The smallest absolute Gasteiger partial charge is 0.152 e. The molecule has 2 aromatic rings. The molecule has 3 nitrogen and oxygen atoms in total. The zero-order valence-corrected chi connectivity index (χ0v) is 10.9. The molecular formula is C14H15ClN2O. The van der Waals surface area contributed by atoms with Gasteiger partial charge in [0.2, 0.25) is 0 Å². The first-order valence-electron chi connectivity index (χ1n) is 5.71. The Balaban J connectivity index is 1.96. The van der Waals surface area contributed by atoms with E-state index in [4.69, 9.17) is 16.3 Å². The molecule has 0 bridgehead atoms. The number of benzene rings is 1. The lowest BCUT2D eigenvalue weighted by Gasteiger charge is -2.08. The third-order valence-corrected chi connectivity index (χ3v) is 2.88. The second-order valence-corrected chi connectivity index (χ2v) is 4.30. The van der Waals surface area contributed by atoms with E-state index >= 15 is 0 Å². The van der Waals surface area contributed by atoms with Gasteiger partial charge in [-0.05, 0) is 23.3 Å². The Morgan fingerprint density at radius 2 is 1.89 bits per heavy atom. The van der Waals surface area contributed by atoms with E-state index in [2.05, 4.69) is 34.6 Å². The van der Waals surface area contributed by atoms with Gasteiger partial charge in [-0.15, -0.1) is 0 Å². The predicted octanol–water partition coefficient (Wildman–Crippen LogP) is 3.49. The van der Waals surface area contributed by atoms with Crippen molar-refractivity contribution in [3.05, 3.63) is 58.9 Å². The van der Waals surface area contributed by atoms with Crippen LogP contribution in [0.2, 0.25) is 5.15 Å². The van der Waals surface area contributed by atoms with E-state index in [1.807, 2.05) is 12.1 Å². The van der Waals surface area contributed by atoms with Crippen molar-refractivity contribution in [3.63, 3.8) is 0 Å². The summed E-state index contributed by atoms with van der Waals surface area (Å²) in [7, 11) is 1.69. The van der Waals surface area contributed by atoms with Gasteiger partial charge in [-0.3, -0.25) is 0 Å². The number of halogens is 1. The topological polar surface area (TPSA) is 34.1 Å². The summed E-state index contributed by atoms with van der Waals surface area (Å²) >= 11 is 5.97. The van der Waals surface area contributed by atoms with E-state index in [9.17, 15) is 0 Å². The maximum Gasteiger partial charge on any atom is 0.152 e. The number of nitrogens with zero attached hydrogens (tertiary/aromatic N) is 1. The highest BCUT2D eigenvalue weighted by atomic mass is 35.5. The largest absolute Gasteiger partial charge is 0.380 e. The molecule has 1 heterocycles. The second kappa shape index (κ2) is 6.38. The fraction of sp³-hybridized carbons (Fsp3) is 0.214. The van der Waals surface area contributed by atoms with Gasteiger partial charge < -0.3 is 10.1 Å². The van der Waals surface area contributed by atoms with Gasteiger partial charge in [-0.1, -0.05) is 35.9 Å². The molecule has 0 fully saturated rings. The third-order valence-electron chi connectivity index (χ3n) is 2.58. The van der Waals surface area contributed by atoms with Gasteiger partial charge in [0.15, 0.2) is 5.15 Å². The molecule has 0 saturated heterocycles. The summed E-state index contributed by atoms with van der Waals surface area (Å²) in [5, 5.41) is 3.75. The lowest BCUT2D eigenvalue weighted by Crippen LogP contribution is -2.00. The van der Waals surface area contributed by atoms with Crippen molar-refractivity contribution < 1.29 is 4.74 Å². The summed E-state index contributed by atoms with van der Waals surface area (Å²) in [6.07, 6.45) is 1.67. The SMILES string of the molecule is COCc1ccc(CNc2cccnc2Cl)cc1. The van der Waals surface area contributed by atoms with Crippen molar-refractivity contribution in [1.29, 1.82) is 0 Å². The van der Waals surface area contributed by atoms with Crippen LogP contribution in [0.5, 0.6) is 0 Å². The van der Waals surface area contributed by atoms with E-state index in [0.717, 1.165) is 12.2 Å². The molecule has 0 spiro atoms. The highest BCUT2D eigenvalue weighted by Gasteiger charge is 1.99. The van der Waals surface area contributed by atoms with Crippen molar-refractivity contribution in [2.75, 3.05) is 12.4 Å². The van der Waals surface area contributed by atoms with Gasteiger partial charge in [-0.2, -0.15) is 0 Å². The van der Waals surface area contributed by atoms with Crippen molar-refractivity contribution in [1.82, 2.24) is 4.98 Å². The van der Waals surface area contributed by atoms with Crippen molar-refractivity contribution in [3.8, 4) is 0 Å². The average molecular weight is 263 g/mol. The summed E-state index contributed by atoms with van der Waals surface area (Å²) in [6, 6.07) is 12.0. The fourth-order valence-corrected chi connectivity index (χ4v) is 1.82. The van der Waals surface area contributed by atoms with Crippen LogP contribution in [0, 0.1) is 0 Å². The van der Waals surface area contributed by atoms with Crippen LogP contribution < -0.4 is 5.32 Å². The standard InChI is InChI=1S/C14H15ClN2O/c1-18-10-12-6-4-11(5-7-12)9-17-13-3-2-8-16-14(13)15/h2-8,17H,9-10H2,1H3. The van der Waals surface area contributed by atoms with Gasteiger partial charge >= 0.3 is 0 Å². The minimum absolute atomic E-state index is 0.494. The van der Waals surface area contributed by atoms with Crippen LogP contribution in [0.1, 0.15) is 11.1 Å². The Morgan fingerprint density at radius 1 is 1.17 bits per heavy atom. The zero-order valence-electron chi connectivity index (χ0n) is 10.2. The predicted molar refractivity (Wildman–Crippen MR) is 73.7 cm³/mol. The van der Waals surface area contributed by atoms with Crippen LogP contribution in [0.15, 0.2) is 42.6 Å². The number of methoxy groups -OCH3 is 1. The van der Waals surface area contributed by atoms with E-state index in [1.54, 1.807) is 13.3 Å². The van der Waals surface area contributed by atoms with Gasteiger partial charge in [0.05, 0.1) is 12.3 Å². The minimum atomic E-state index is 0.494. The molecule has 4 heteroatoms. The first kappa shape index (κ1) is 12.9. The Hall–Kier alpha value is -1.58. The molecule has 2 rings (SSSR count). The molecule has 0 amide bonds. The molecular weight excluding hydrogens is 248 g/mol. The number of anilines is 1. The van der Waals surface area contributed by atoms with Crippen LogP contribution in [0.25, 0.3) is 0 Å². The summed E-state index contributed by atoms with van der Waals surface area (Å²) in [6.45, 7) is 1.36. The Labute approximate surface area is 112 Å². The number of hydrogen-bond acceptors (Lipinski definition) is 3. The van der Waals surface area contributed by atoms with Gasteiger partial charge in [0.1, 0.15) is 0 Å². The molecule has 0 atom stereocenters. The van der Waals surface area contributed by atoms with Gasteiger partial charge in [-0.25, -0.2) is 4.98 Å². The summed E-state index contributed by atoms with van der Waals surface area (Å²) < 4.78 is 5.07. The minimum Gasteiger partial charge on any atom is -0.380 e. The number of rotatable bonds is 5. The van der Waals surface area contributed by atoms with E-state index in [0.29, 0.717) is 11.8 Å². The van der Waals surface area contributed by atoms with Gasteiger partial charge in [0, 0.05) is 19.9 Å². The molecule has 0 aliphatic rings. The maximum atomic E-state index is 5.97. The van der Waals surface area contributed by atoms with Crippen LogP contribution >= 0.6 is 11.6 Å². The molecule has 18 heavy (non-hydrogen) atoms. The fourth-order valence-electron chi connectivity index (χ4n) is 1.64. The first-order chi connectivity index (χ1) is 8.79. The summed E-state index contributed by atoms with van der Waals surface area (Å²) in [5.74, 6) is 0. The Kier molecular flexibility index (Phi) is 4.56. The van der Waals surface area contributed by atoms with Crippen molar-refractivity contribution in [2.24, 2.45) is 0 Å². The highest BCUT2D eigenvalue weighted by molar-refractivity contribution is 6.31. The second-order valence-electron chi connectivity index (χ2n) is 3.94. The normalized spacial score (nSPS) is 10.3. The molecule has 94 valence electrons.